The molecule has 2 rings (SSSR count). The molecule has 0 radical (unpaired) electrons. The van der Waals surface area contributed by atoms with Crippen molar-refractivity contribution >= 4 is 7.82 Å². The van der Waals surface area contributed by atoms with Crippen molar-refractivity contribution in [2.24, 2.45) is 0 Å². The Balaban J connectivity index is 2.02. The summed E-state index contributed by atoms with van der Waals surface area (Å²) in [4.78, 5) is 0. The molecule has 0 amide bonds. The fourth-order valence-electron chi connectivity index (χ4n) is 1.29. The number of hydrogen-bond donors (Lipinski definition) is 0. The molecule has 0 spiro atoms. The van der Waals surface area contributed by atoms with E-state index in [1.165, 1.54) is 0 Å². The molecule has 0 bridgehead atoms. The fraction of sp³-hybridized carbons (Fsp3) is 1.00. The topological polar surface area (TPSA) is 54.0 Å². The molecule has 2 saturated heterocycles. The molecule has 2 aliphatic rings. The van der Waals surface area contributed by atoms with Crippen LogP contribution in [0, 0.1) is 0 Å². The summed E-state index contributed by atoms with van der Waals surface area (Å²) in [6.45, 7) is 2.97. The third kappa shape index (κ3) is 1.43. The third-order valence-corrected chi connectivity index (χ3v) is 3.43. The first-order valence-corrected chi connectivity index (χ1v) is 5.39. The second-order valence-corrected chi connectivity index (χ2v) is 4.26. The summed E-state index contributed by atoms with van der Waals surface area (Å²) in [6.07, 6.45) is -0.412. The molecule has 12 heavy (non-hydrogen) atoms. The number of hydrogen-bond acceptors (Lipinski definition) is 5. The second-order valence-electron chi connectivity index (χ2n) is 2.69. The quantitative estimate of drug-likeness (QED) is 0.612. The first-order chi connectivity index (χ1) is 5.73. The van der Waals surface area contributed by atoms with Gasteiger partial charge in [0.25, 0.3) is 0 Å². The van der Waals surface area contributed by atoms with Crippen LogP contribution in [0.1, 0.15) is 6.92 Å². The van der Waals surface area contributed by atoms with Gasteiger partial charge in [-0.1, -0.05) is 0 Å². The molecular weight excluding hydrogens is 183 g/mol. The van der Waals surface area contributed by atoms with Gasteiger partial charge in [-0.2, -0.15) is 0 Å². The van der Waals surface area contributed by atoms with E-state index in [0.717, 1.165) is 0 Å². The van der Waals surface area contributed by atoms with E-state index in [9.17, 15) is 4.57 Å². The van der Waals surface area contributed by atoms with E-state index in [-0.39, 0.29) is 12.2 Å². The first-order valence-electron chi connectivity index (χ1n) is 3.92. The Kier molecular flexibility index (Phi) is 2.23. The minimum atomic E-state index is -3.23. The maximum Gasteiger partial charge on any atom is 0.475 e. The molecule has 0 N–H and O–H groups in total. The van der Waals surface area contributed by atoms with Crippen molar-refractivity contribution in [3.63, 3.8) is 0 Å². The molecule has 0 aromatic rings. The van der Waals surface area contributed by atoms with Crippen molar-refractivity contribution in [1.29, 1.82) is 0 Å². The van der Waals surface area contributed by atoms with Crippen molar-refractivity contribution in [2.75, 3.05) is 19.8 Å². The van der Waals surface area contributed by atoms with E-state index in [2.05, 4.69) is 0 Å². The fourth-order valence-corrected chi connectivity index (χ4v) is 2.83. The normalized spacial score (nSPS) is 46.4. The number of phosphoric acid groups is 1. The van der Waals surface area contributed by atoms with E-state index >= 15 is 0 Å². The molecule has 2 atom stereocenters. The maximum absolute atomic E-state index is 11.5. The van der Waals surface area contributed by atoms with Crippen LogP contribution in [0.3, 0.4) is 0 Å². The van der Waals surface area contributed by atoms with Gasteiger partial charge in [0, 0.05) is 0 Å². The molecule has 2 unspecified atom stereocenters. The Hall–Kier alpha value is 0.0700. The van der Waals surface area contributed by atoms with Crippen molar-refractivity contribution in [2.45, 2.75) is 19.1 Å². The monoisotopic (exact) mass is 194 g/mol. The number of phosphoric ester groups is 1. The Bertz CT molecular complexity index is 202. The predicted molar refractivity (Wildman–Crippen MR) is 39.8 cm³/mol. The van der Waals surface area contributed by atoms with Crippen LogP contribution in [0.4, 0.5) is 0 Å². The van der Waals surface area contributed by atoms with E-state index in [1.807, 2.05) is 0 Å². The summed E-state index contributed by atoms with van der Waals surface area (Å²) >= 11 is 0. The Morgan fingerprint density at radius 2 is 2.00 bits per heavy atom. The molecule has 2 heterocycles. The van der Waals surface area contributed by atoms with Crippen LogP contribution < -0.4 is 0 Å². The lowest BCUT2D eigenvalue weighted by Gasteiger charge is -2.09. The first kappa shape index (κ1) is 8.66. The highest BCUT2D eigenvalue weighted by atomic mass is 31.2. The minimum Gasteiger partial charge on any atom is -0.376 e. The average molecular weight is 194 g/mol. The zero-order valence-electron chi connectivity index (χ0n) is 6.76. The van der Waals surface area contributed by atoms with Crippen LogP contribution in [0.2, 0.25) is 0 Å². The summed E-state index contributed by atoms with van der Waals surface area (Å²) in [5.74, 6) is 0. The van der Waals surface area contributed by atoms with Crippen molar-refractivity contribution in [3.05, 3.63) is 0 Å². The van der Waals surface area contributed by atoms with Gasteiger partial charge in [0.15, 0.2) is 0 Å². The smallest absolute Gasteiger partial charge is 0.376 e. The van der Waals surface area contributed by atoms with Gasteiger partial charge in [0.2, 0.25) is 0 Å². The maximum atomic E-state index is 11.5. The highest BCUT2D eigenvalue weighted by molar-refractivity contribution is 7.48. The van der Waals surface area contributed by atoms with Gasteiger partial charge >= 0.3 is 7.82 Å². The molecule has 2 aliphatic heterocycles. The van der Waals surface area contributed by atoms with E-state index in [1.54, 1.807) is 6.92 Å². The second kappa shape index (κ2) is 3.09. The zero-order chi connectivity index (χ0) is 8.60. The molecule has 5 nitrogen and oxygen atoms in total. The third-order valence-electron chi connectivity index (χ3n) is 1.80. The van der Waals surface area contributed by atoms with Crippen molar-refractivity contribution < 1.29 is 22.9 Å². The lowest BCUT2D eigenvalue weighted by Crippen LogP contribution is -2.18. The average Bonchev–Trinajstić information content (AvgIpc) is 2.45. The lowest BCUT2D eigenvalue weighted by molar-refractivity contribution is 0.102. The van der Waals surface area contributed by atoms with Gasteiger partial charge in [-0.25, -0.2) is 4.57 Å². The SMILES string of the molecule is CCOP1(=O)OC2COCC2O1. The van der Waals surface area contributed by atoms with Crippen LogP contribution in [0.5, 0.6) is 0 Å². The molecule has 2 fully saturated rings. The number of ether oxygens (including phenoxy) is 1. The Morgan fingerprint density at radius 3 is 2.50 bits per heavy atom. The van der Waals surface area contributed by atoms with Gasteiger partial charge < -0.3 is 4.74 Å². The van der Waals surface area contributed by atoms with Crippen molar-refractivity contribution in [1.82, 2.24) is 0 Å². The molecule has 0 aliphatic carbocycles. The van der Waals surface area contributed by atoms with E-state index in [0.29, 0.717) is 19.8 Å². The standard InChI is InChI=1S/C6H11O5P/c1-2-9-12(7)10-5-3-8-4-6(5)11-12/h5-6H,2-4H2,1H3. The van der Waals surface area contributed by atoms with Crippen LogP contribution in [-0.4, -0.2) is 32.0 Å². The zero-order valence-corrected chi connectivity index (χ0v) is 7.66. The largest absolute Gasteiger partial charge is 0.475 e. The number of rotatable bonds is 2. The molecule has 70 valence electrons. The molecule has 0 aromatic heterocycles. The van der Waals surface area contributed by atoms with Gasteiger partial charge in [0.1, 0.15) is 12.2 Å². The Labute approximate surface area is 70.6 Å². The van der Waals surface area contributed by atoms with Crippen molar-refractivity contribution in [3.8, 4) is 0 Å². The van der Waals surface area contributed by atoms with E-state index < -0.39 is 7.82 Å². The van der Waals surface area contributed by atoms with Crippen LogP contribution >= 0.6 is 7.82 Å². The van der Waals surface area contributed by atoms with Gasteiger partial charge in [-0.3, -0.25) is 13.6 Å². The predicted octanol–water partition coefficient (Wildman–Crippen LogP) is 0.945. The highest BCUT2D eigenvalue weighted by Gasteiger charge is 2.48. The lowest BCUT2D eigenvalue weighted by atomic mass is 10.3. The summed E-state index contributed by atoms with van der Waals surface area (Å²) in [6, 6.07) is 0. The Morgan fingerprint density at radius 1 is 1.42 bits per heavy atom. The summed E-state index contributed by atoms with van der Waals surface area (Å²) in [5.41, 5.74) is 0. The molecule has 6 heteroatoms. The summed E-state index contributed by atoms with van der Waals surface area (Å²) in [5, 5.41) is 0. The highest BCUT2D eigenvalue weighted by Crippen LogP contribution is 2.58. The van der Waals surface area contributed by atoms with Crippen LogP contribution in [0.15, 0.2) is 0 Å². The molecule has 0 aromatic carbocycles. The van der Waals surface area contributed by atoms with Crippen LogP contribution in [-0.2, 0) is 22.9 Å². The van der Waals surface area contributed by atoms with Gasteiger partial charge in [-0.15, -0.1) is 0 Å². The number of fused-ring (bicyclic) bond motifs is 1. The molecular formula is C6H11O5P. The van der Waals surface area contributed by atoms with Gasteiger partial charge in [-0.05, 0) is 6.92 Å². The van der Waals surface area contributed by atoms with Crippen LogP contribution in [0.25, 0.3) is 0 Å². The van der Waals surface area contributed by atoms with E-state index in [4.69, 9.17) is 18.3 Å². The minimum absolute atomic E-state index is 0.206. The molecule has 0 saturated carbocycles. The summed E-state index contributed by atoms with van der Waals surface area (Å²) in [7, 11) is -3.23. The van der Waals surface area contributed by atoms with Gasteiger partial charge in [0.05, 0.1) is 19.8 Å². The summed E-state index contributed by atoms with van der Waals surface area (Å²) < 4.78 is 31.6.